The van der Waals surface area contributed by atoms with Gasteiger partial charge in [-0.15, -0.1) is 0 Å². The van der Waals surface area contributed by atoms with Gasteiger partial charge in [0.05, 0.1) is 0 Å². The minimum absolute atomic E-state index is 0.0160. The molecule has 0 unspecified atom stereocenters. The molecule has 1 fully saturated rings. The Morgan fingerprint density at radius 1 is 0.667 bits per heavy atom. The molecule has 0 spiro atoms. The lowest BCUT2D eigenvalue weighted by atomic mass is 10.2. The zero-order valence-corrected chi connectivity index (χ0v) is 14.8. The average molecular weight is 385 g/mol. The second kappa shape index (κ2) is 10.1. The standard InChI is InChI=1S/C16H23N3O8/c1-11-17(8-2-5-12(20)21)15(26)19(10-4-7-14(24)25)16(27)18(11)9-3-6-13(22)23/h1-10H2,(H,20,21)(H,22,23)(H,24,25). The quantitative estimate of drug-likeness (QED) is 0.452. The maximum atomic E-state index is 12.6. The molecular formula is C16H23N3O8. The summed E-state index contributed by atoms with van der Waals surface area (Å²) in [5.74, 6) is -3.07. The van der Waals surface area contributed by atoms with Crippen molar-refractivity contribution in [1.82, 2.24) is 14.7 Å². The van der Waals surface area contributed by atoms with E-state index in [1.165, 1.54) is 0 Å². The zero-order valence-electron chi connectivity index (χ0n) is 14.8. The van der Waals surface area contributed by atoms with Gasteiger partial charge in [-0.3, -0.25) is 24.2 Å². The molecule has 0 aliphatic carbocycles. The summed E-state index contributed by atoms with van der Waals surface area (Å²) < 4.78 is 0. The fourth-order valence-corrected chi connectivity index (χ4v) is 2.55. The third kappa shape index (κ3) is 6.60. The van der Waals surface area contributed by atoms with Crippen LogP contribution in [0, 0.1) is 0 Å². The molecule has 27 heavy (non-hydrogen) atoms. The van der Waals surface area contributed by atoms with Crippen molar-refractivity contribution in [3.05, 3.63) is 12.4 Å². The third-order valence-electron chi connectivity index (χ3n) is 3.86. The van der Waals surface area contributed by atoms with E-state index in [4.69, 9.17) is 15.3 Å². The van der Waals surface area contributed by atoms with E-state index < -0.39 is 30.0 Å². The van der Waals surface area contributed by atoms with Crippen molar-refractivity contribution < 1.29 is 39.3 Å². The van der Waals surface area contributed by atoms with Crippen molar-refractivity contribution in [2.24, 2.45) is 0 Å². The molecule has 150 valence electrons. The number of hydrogen-bond donors (Lipinski definition) is 3. The zero-order chi connectivity index (χ0) is 20.6. The second-order valence-electron chi connectivity index (χ2n) is 5.93. The van der Waals surface area contributed by atoms with Crippen LogP contribution in [0.4, 0.5) is 9.59 Å². The lowest BCUT2D eigenvalue weighted by molar-refractivity contribution is -0.138. The Hall–Kier alpha value is -3.11. The molecule has 11 heteroatoms. The highest BCUT2D eigenvalue weighted by Crippen LogP contribution is 2.23. The fraction of sp³-hybridized carbons (Fsp3) is 0.562. The summed E-state index contributed by atoms with van der Waals surface area (Å²) in [6.07, 6.45) is -0.242. The molecule has 3 N–H and O–H groups in total. The molecule has 11 nitrogen and oxygen atoms in total. The number of nitrogens with zero attached hydrogens (tertiary/aromatic N) is 3. The lowest BCUT2D eigenvalue weighted by Gasteiger charge is -2.42. The SMILES string of the molecule is C=C1N(CCCC(=O)O)C(=O)N(CCCC(=O)O)C(=O)N1CCCC(=O)O. The predicted molar refractivity (Wildman–Crippen MR) is 90.7 cm³/mol. The van der Waals surface area contributed by atoms with Crippen LogP contribution < -0.4 is 0 Å². The highest BCUT2D eigenvalue weighted by atomic mass is 16.4. The Morgan fingerprint density at radius 2 is 0.963 bits per heavy atom. The molecule has 0 aromatic heterocycles. The summed E-state index contributed by atoms with van der Waals surface area (Å²) in [4.78, 5) is 60.4. The Morgan fingerprint density at radius 3 is 1.26 bits per heavy atom. The van der Waals surface area contributed by atoms with E-state index in [0.29, 0.717) is 0 Å². The van der Waals surface area contributed by atoms with Crippen LogP contribution in [0.15, 0.2) is 12.4 Å². The van der Waals surface area contributed by atoms with Gasteiger partial charge in [0, 0.05) is 38.9 Å². The van der Waals surface area contributed by atoms with Crippen LogP contribution in [0.2, 0.25) is 0 Å². The molecule has 1 aliphatic rings. The Kier molecular flexibility index (Phi) is 8.24. The number of urea groups is 2. The third-order valence-corrected chi connectivity index (χ3v) is 3.86. The van der Waals surface area contributed by atoms with Crippen LogP contribution in [-0.2, 0) is 14.4 Å². The molecule has 1 rings (SSSR count). The number of rotatable bonds is 12. The molecule has 0 bridgehead atoms. The van der Waals surface area contributed by atoms with Gasteiger partial charge in [-0.05, 0) is 19.3 Å². The van der Waals surface area contributed by atoms with Gasteiger partial charge in [-0.2, -0.15) is 0 Å². The predicted octanol–water partition coefficient (Wildman–Crippen LogP) is 1.21. The van der Waals surface area contributed by atoms with E-state index in [9.17, 15) is 24.0 Å². The van der Waals surface area contributed by atoms with E-state index in [-0.39, 0.29) is 64.0 Å². The number of carbonyl (C=O) groups excluding carboxylic acids is 2. The molecule has 0 radical (unpaired) electrons. The van der Waals surface area contributed by atoms with Crippen molar-refractivity contribution in [3.63, 3.8) is 0 Å². The Labute approximate surface area is 155 Å². The van der Waals surface area contributed by atoms with Gasteiger partial charge in [0.25, 0.3) is 0 Å². The van der Waals surface area contributed by atoms with Gasteiger partial charge >= 0.3 is 30.0 Å². The van der Waals surface area contributed by atoms with E-state index >= 15 is 0 Å². The Bertz CT molecular complexity index is 530. The first-order chi connectivity index (χ1) is 12.6. The summed E-state index contributed by atoms with van der Waals surface area (Å²) in [6.45, 7) is 3.62. The van der Waals surface area contributed by atoms with E-state index in [1.807, 2.05) is 0 Å². The number of imide groups is 1. The highest BCUT2D eigenvalue weighted by molar-refractivity contribution is 5.98. The van der Waals surface area contributed by atoms with E-state index in [1.54, 1.807) is 0 Å². The van der Waals surface area contributed by atoms with E-state index in [0.717, 1.165) is 14.7 Å². The molecule has 1 saturated heterocycles. The van der Waals surface area contributed by atoms with E-state index in [2.05, 4.69) is 6.58 Å². The second-order valence-corrected chi connectivity index (χ2v) is 5.93. The van der Waals surface area contributed by atoms with Crippen LogP contribution in [0.25, 0.3) is 0 Å². The molecule has 1 heterocycles. The molecule has 0 saturated carbocycles. The van der Waals surface area contributed by atoms with Gasteiger partial charge < -0.3 is 15.3 Å². The van der Waals surface area contributed by atoms with Gasteiger partial charge in [0.1, 0.15) is 5.82 Å². The molecule has 4 amide bonds. The van der Waals surface area contributed by atoms with Gasteiger partial charge in [-0.1, -0.05) is 6.58 Å². The first kappa shape index (κ1) is 21.9. The summed E-state index contributed by atoms with van der Waals surface area (Å²) >= 11 is 0. The first-order valence-electron chi connectivity index (χ1n) is 8.40. The van der Waals surface area contributed by atoms with Crippen molar-refractivity contribution in [2.75, 3.05) is 19.6 Å². The maximum absolute atomic E-state index is 12.6. The largest absolute Gasteiger partial charge is 0.481 e. The van der Waals surface area contributed by atoms with Gasteiger partial charge in [-0.25, -0.2) is 14.5 Å². The number of hydrogen-bond acceptors (Lipinski definition) is 5. The number of aliphatic carboxylic acids is 3. The van der Waals surface area contributed by atoms with Crippen LogP contribution in [0.3, 0.4) is 0 Å². The van der Waals surface area contributed by atoms with Gasteiger partial charge in [0.15, 0.2) is 0 Å². The number of carboxylic acids is 3. The average Bonchev–Trinajstić information content (AvgIpc) is 2.56. The maximum Gasteiger partial charge on any atom is 0.333 e. The number of carbonyl (C=O) groups is 5. The lowest BCUT2D eigenvalue weighted by Crippen LogP contribution is -2.59. The van der Waals surface area contributed by atoms with Crippen LogP contribution in [0.5, 0.6) is 0 Å². The smallest absolute Gasteiger partial charge is 0.333 e. The Balaban J connectivity index is 2.89. The molecule has 0 aromatic carbocycles. The summed E-state index contributed by atoms with van der Waals surface area (Å²) in [5.41, 5.74) is 0. The van der Waals surface area contributed by atoms with Crippen molar-refractivity contribution in [2.45, 2.75) is 38.5 Å². The van der Waals surface area contributed by atoms with Crippen LogP contribution in [0.1, 0.15) is 38.5 Å². The molecule has 1 aliphatic heterocycles. The molecule has 0 aromatic rings. The van der Waals surface area contributed by atoms with Crippen LogP contribution in [-0.4, -0.2) is 79.6 Å². The van der Waals surface area contributed by atoms with Crippen molar-refractivity contribution >= 4 is 30.0 Å². The fourth-order valence-electron chi connectivity index (χ4n) is 2.55. The summed E-state index contributed by atoms with van der Waals surface area (Å²) in [6, 6.07) is -1.40. The normalized spacial score (nSPS) is 14.7. The minimum Gasteiger partial charge on any atom is -0.481 e. The number of carboxylic acid groups (broad SMARTS) is 3. The summed E-state index contributed by atoms with van der Waals surface area (Å²) in [5, 5.41) is 26.2. The van der Waals surface area contributed by atoms with Gasteiger partial charge in [0.2, 0.25) is 0 Å². The molecule has 0 atom stereocenters. The summed E-state index contributed by atoms with van der Waals surface area (Å²) in [7, 11) is 0. The minimum atomic E-state index is -1.06. The van der Waals surface area contributed by atoms with Crippen LogP contribution >= 0.6 is 0 Å². The van der Waals surface area contributed by atoms with Crippen molar-refractivity contribution in [1.29, 1.82) is 0 Å². The topological polar surface area (TPSA) is 156 Å². The molecular weight excluding hydrogens is 362 g/mol. The van der Waals surface area contributed by atoms with Crippen molar-refractivity contribution in [3.8, 4) is 0 Å². The highest BCUT2D eigenvalue weighted by Gasteiger charge is 2.39. The first-order valence-corrected chi connectivity index (χ1v) is 8.40. The number of amides is 4. The monoisotopic (exact) mass is 385 g/mol.